The van der Waals surface area contributed by atoms with Gasteiger partial charge in [0.1, 0.15) is 0 Å². The standard InChI is InChI=1S/C32H41NO5S/c1-24(25-15-10-7-11-16-25)32-22-21-29(38-39(33,36)37)28(32)23-27(31(32)26-17-12-8-13-18-26)19-9-5-3-2-4-6-14-20-30(34)35/h7-8,10-13,15-18,28-29H,1-6,9,14,19-23H2,(H,34,35)(H2,33,36,37)/t28?,29-,32+/m1/s1. The summed E-state index contributed by atoms with van der Waals surface area (Å²) in [6.45, 7) is 4.63. The Hall–Kier alpha value is -2.74. The molecule has 0 amide bonds. The minimum Gasteiger partial charge on any atom is -0.481 e. The zero-order chi connectivity index (χ0) is 27.9. The van der Waals surface area contributed by atoms with Crippen molar-refractivity contribution < 1.29 is 22.5 Å². The summed E-state index contributed by atoms with van der Waals surface area (Å²) in [5, 5.41) is 14.2. The van der Waals surface area contributed by atoms with Gasteiger partial charge in [-0.15, -0.1) is 0 Å². The summed E-state index contributed by atoms with van der Waals surface area (Å²) in [6.07, 6.45) is 10.1. The lowest BCUT2D eigenvalue weighted by Crippen LogP contribution is -2.33. The Bertz CT molecular complexity index is 1270. The van der Waals surface area contributed by atoms with Crippen LogP contribution in [0.2, 0.25) is 0 Å². The van der Waals surface area contributed by atoms with Crippen molar-refractivity contribution in [2.45, 2.75) is 83.2 Å². The highest BCUT2D eigenvalue weighted by atomic mass is 32.2. The van der Waals surface area contributed by atoms with Gasteiger partial charge in [0.05, 0.1) is 6.10 Å². The zero-order valence-corrected chi connectivity index (χ0v) is 23.5. The van der Waals surface area contributed by atoms with Crippen LogP contribution in [0.1, 0.15) is 88.2 Å². The van der Waals surface area contributed by atoms with Gasteiger partial charge in [-0.2, -0.15) is 8.42 Å². The molecule has 1 saturated carbocycles. The number of aliphatic carboxylic acids is 1. The first-order valence-corrected chi connectivity index (χ1v) is 15.6. The molecular formula is C32H41NO5S. The third kappa shape index (κ3) is 7.07. The number of carbonyl (C=O) groups is 1. The van der Waals surface area contributed by atoms with Gasteiger partial charge in [0, 0.05) is 17.8 Å². The zero-order valence-electron chi connectivity index (χ0n) is 22.7. The van der Waals surface area contributed by atoms with Gasteiger partial charge in [-0.3, -0.25) is 8.98 Å². The molecule has 1 fully saturated rings. The van der Waals surface area contributed by atoms with Gasteiger partial charge in [0.2, 0.25) is 0 Å². The Labute approximate surface area is 233 Å². The van der Waals surface area contributed by atoms with Crippen molar-refractivity contribution in [3.8, 4) is 0 Å². The van der Waals surface area contributed by atoms with Crippen LogP contribution in [0.15, 0.2) is 72.8 Å². The number of fused-ring (bicyclic) bond motifs is 1. The van der Waals surface area contributed by atoms with E-state index < -0.39 is 27.8 Å². The Morgan fingerprint density at radius 3 is 2.15 bits per heavy atom. The number of hydrogen-bond acceptors (Lipinski definition) is 4. The molecule has 2 aliphatic rings. The van der Waals surface area contributed by atoms with Crippen LogP contribution in [0.5, 0.6) is 0 Å². The first kappa shape index (κ1) is 29.2. The topological polar surface area (TPSA) is 107 Å². The van der Waals surface area contributed by atoms with Gasteiger partial charge < -0.3 is 5.11 Å². The van der Waals surface area contributed by atoms with E-state index in [0.29, 0.717) is 6.42 Å². The lowest BCUT2D eigenvalue weighted by molar-refractivity contribution is -0.137. The molecule has 3 N–H and O–H groups in total. The summed E-state index contributed by atoms with van der Waals surface area (Å²) < 4.78 is 29.5. The number of nitrogens with two attached hydrogens (primary N) is 1. The molecule has 6 nitrogen and oxygen atoms in total. The third-order valence-corrected chi connectivity index (χ3v) is 9.04. The smallest absolute Gasteiger partial charge is 0.333 e. The van der Waals surface area contributed by atoms with Crippen molar-refractivity contribution in [1.29, 1.82) is 0 Å². The van der Waals surface area contributed by atoms with Crippen molar-refractivity contribution in [1.82, 2.24) is 0 Å². The maximum Gasteiger partial charge on any atom is 0.333 e. The van der Waals surface area contributed by atoms with Gasteiger partial charge >= 0.3 is 16.3 Å². The number of rotatable bonds is 15. The normalized spacial score (nSPS) is 22.7. The average molecular weight is 552 g/mol. The van der Waals surface area contributed by atoms with Crippen molar-refractivity contribution in [2.75, 3.05) is 0 Å². The fourth-order valence-corrected chi connectivity index (χ4v) is 7.45. The maximum atomic E-state index is 12.0. The van der Waals surface area contributed by atoms with Gasteiger partial charge in [-0.25, -0.2) is 5.14 Å². The van der Waals surface area contributed by atoms with E-state index in [1.54, 1.807) is 0 Å². The minimum absolute atomic E-state index is 0.0528. The molecule has 3 atom stereocenters. The fraction of sp³-hybridized carbons (Fsp3) is 0.469. The molecule has 0 aromatic heterocycles. The van der Waals surface area contributed by atoms with E-state index in [4.69, 9.17) is 14.4 Å². The summed E-state index contributed by atoms with van der Waals surface area (Å²) >= 11 is 0. The molecule has 1 unspecified atom stereocenters. The fourth-order valence-electron chi connectivity index (χ4n) is 6.87. The Kier molecular flexibility index (Phi) is 9.81. The second-order valence-corrected chi connectivity index (χ2v) is 12.2. The summed E-state index contributed by atoms with van der Waals surface area (Å²) in [5.74, 6) is -0.772. The average Bonchev–Trinajstić information content (AvgIpc) is 3.42. The van der Waals surface area contributed by atoms with Crippen LogP contribution < -0.4 is 5.14 Å². The summed E-state index contributed by atoms with van der Waals surface area (Å²) in [5.41, 5.74) is 5.49. The van der Waals surface area contributed by atoms with Crippen molar-refractivity contribution in [2.24, 2.45) is 16.5 Å². The second-order valence-electron chi connectivity index (χ2n) is 11.0. The molecule has 0 saturated heterocycles. The van der Waals surface area contributed by atoms with Crippen LogP contribution in [0, 0.1) is 11.3 Å². The van der Waals surface area contributed by atoms with E-state index in [0.717, 1.165) is 75.3 Å². The van der Waals surface area contributed by atoms with Gasteiger partial charge in [0.15, 0.2) is 0 Å². The van der Waals surface area contributed by atoms with E-state index >= 15 is 0 Å². The Morgan fingerprint density at radius 1 is 0.949 bits per heavy atom. The van der Waals surface area contributed by atoms with E-state index in [9.17, 15) is 13.2 Å². The molecule has 0 spiro atoms. The van der Waals surface area contributed by atoms with Gasteiger partial charge in [-0.1, -0.05) is 105 Å². The first-order chi connectivity index (χ1) is 18.7. The first-order valence-electron chi connectivity index (χ1n) is 14.2. The molecule has 0 radical (unpaired) electrons. The molecular weight excluding hydrogens is 510 g/mol. The lowest BCUT2D eigenvalue weighted by atomic mass is 9.66. The number of carboxylic acids is 1. The number of allylic oxidation sites excluding steroid dienone is 3. The van der Waals surface area contributed by atoms with Crippen LogP contribution in [0.4, 0.5) is 0 Å². The highest BCUT2D eigenvalue weighted by Crippen LogP contribution is 2.66. The van der Waals surface area contributed by atoms with Crippen LogP contribution in [-0.4, -0.2) is 25.6 Å². The molecule has 2 aliphatic carbocycles. The maximum absolute atomic E-state index is 12.0. The van der Waals surface area contributed by atoms with Crippen molar-refractivity contribution in [3.63, 3.8) is 0 Å². The second kappa shape index (κ2) is 13.1. The third-order valence-electron chi connectivity index (χ3n) is 8.52. The molecule has 0 bridgehead atoms. The van der Waals surface area contributed by atoms with Crippen LogP contribution in [0.25, 0.3) is 11.1 Å². The molecule has 0 aliphatic heterocycles. The number of unbranched alkanes of at least 4 members (excludes halogenated alkanes) is 6. The SMILES string of the molecule is C=C(c1ccccc1)[C@@]12CC[C@@H](OS(N)(=O)=O)C1CC(CCCCCCCCCC(=O)O)=C2c1ccccc1. The summed E-state index contributed by atoms with van der Waals surface area (Å²) in [7, 11) is -4.08. The Morgan fingerprint density at radius 2 is 1.54 bits per heavy atom. The molecule has 0 heterocycles. The van der Waals surface area contributed by atoms with E-state index in [1.807, 2.05) is 24.3 Å². The Balaban J connectivity index is 1.57. The van der Waals surface area contributed by atoms with E-state index in [-0.39, 0.29) is 12.3 Å². The molecule has 7 heteroatoms. The van der Waals surface area contributed by atoms with Crippen molar-refractivity contribution in [3.05, 3.63) is 83.9 Å². The molecule has 210 valence electrons. The number of hydrogen-bond donors (Lipinski definition) is 2. The van der Waals surface area contributed by atoms with Gasteiger partial charge in [-0.05, 0) is 60.8 Å². The number of benzene rings is 2. The highest BCUT2D eigenvalue weighted by Gasteiger charge is 2.58. The highest BCUT2D eigenvalue weighted by molar-refractivity contribution is 7.84. The monoisotopic (exact) mass is 551 g/mol. The largest absolute Gasteiger partial charge is 0.481 e. The van der Waals surface area contributed by atoms with Crippen LogP contribution in [0.3, 0.4) is 0 Å². The minimum atomic E-state index is -4.08. The predicted molar refractivity (Wildman–Crippen MR) is 156 cm³/mol. The molecule has 4 rings (SSSR count). The van der Waals surface area contributed by atoms with Crippen LogP contribution in [-0.2, 0) is 19.3 Å². The van der Waals surface area contributed by atoms with Gasteiger partial charge in [0.25, 0.3) is 0 Å². The van der Waals surface area contributed by atoms with Crippen LogP contribution >= 0.6 is 0 Å². The molecule has 2 aromatic carbocycles. The van der Waals surface area contributed by atoms with E-state index in [2.05, 4.69) is 43.0 Å². The molecule has 2 aromatic rings. The van der Waals surface area contributed by atoms with E-state index in [1.165, 1.54) is 16.7 Å². The quantitative estimate of drug-likeness (QED) is 0.229. The lowest BCUT2D eigenvalue weighted by Gasteiger charge is -2.37. The summed E-state index contributed by atoms with van der Waals surface area (Å²) in [4.78, 5) is 10.7. The predicted octanol–water partition coefficient (Wildman–Crippen LogP) is 7.14. The van der Waals surface area contributed by atoms with Crippen molar-refractivity contribution >= 4 is 27.4 Å². The summed E-state index contributed by atoms with van der Waals surface area (Å²) in [6, 6.07) is 20.6. The number of carboxylic acid groups (broad SMARTS) is 1. The molecule has 39 heavy (non-hydrogen) atoms.